The zero-order valence-corrected chi connectivity index (χ0v) is 4.93. The number of carbonyl (C=O) groups excluding carboxylic acids is 1. The van der Waals surface area contributed by atoms with Crippen molar-refractivity contribution in [1.82, 2.24) is 0 Å². The summed E-state index contributed by atoms with van der Waals surface area (Å²) in [5.41, 5.74) is 3.80. The summed E-state index contributed by atoms with van der Waals surface area (Å²) in [7, 11) is 0. The standard InChI is InChI=1S/C5H8N2O/c1-5(2,7-3)4(6)8/h1-2H3,(H2,6,8). The number of amides is 1. The number of hydrogen-bond donors (Lipinski definition) is 1. The molecule has 0 bridgehead atoms. The predicted octanol–water partition coefficient (Wildman–Crippen LogP) is 0.170. The lowest BCUT2D eigenvalue weighted by molar-refractivity contribution is -0.120. The lowest BCUT2D eigenvalue weighted by Gasteiger charge is -2.02. The van der Waals surface area contributed by atoms with Gasteiger partial charge in [0.2, 0.25) is 0 Å². The third-order valence-electron chi connectivity index (χ3n) is 0.883. The van der Waals surface area contributed by atoms with Gasteiger partial charge in [-0.2, -0.15) is 0 Å². The molecule has 0 saturated heterocycles. The molecule has 0 heterocycles. The lowest BCUT2D eigenvalue weighted by Crippen LogP contribution is -2.34. The van der Waals surface area contributed by atoms with Crippen molar-refractivity contribution in [3.8, 4) is 0 Å². The molecule has 0 rings (SSSR count). The quantitative estimate of drug-likeness (QED) is 0.483. The molecule has 0 fully saturated rings. The molecule has 0 aliphatic heterocycles. The third-order valence-corrected chi connectivity index (χ3v) is 0.883. The second-order valence-electron chi connectivity index (χ2n) is 2.04. The van der Waals surface area contributed by atoms with E-state index >= 15 is 0 Å². The Bertz CT molecular complexity index is 143. The van der Waals surface area contributed by atoms with Crippen LogP contribution in [0.15, 0.2) is 0 Å². The summed E-state index contributed by atoms with van der Waals surface area (Å²) in [6.07, 6.45) is 0. The van der Waals surface area contributed by atoms with Gasteiger partial charge in [-0.3, -0.25) is 4.79 Å². The van der Waals surface area contributed by atoms with Crippen molar-refractivity contribution < 1.29 is 4.79 Å². The molecular formula is C5H8N2O. The SMILES string of the molecule is [C-]#[N+]C(C)(C)C(N)=O. The molecule has 0 aliphatic carbocycles. The van der Waals surface area contributed by atoms with E-state index in [1.165, 1.54) is 13.8 Å². The molecule has 3 nitrogen and oxygen atoms in total. The van der Waals surface area contributed by atoms with Crippen LogP contribution in [0.2, 0.25) is 0 Å². The van der Waals surface area contributed by atoms with Crippen LogP contribution in [-0.2, 0) is 4.79 Å². The first-order chi connectivity index (χ1) is 3.50. The number of nitrogens with two attached hydrogens (primary N) is 1. The smallest absolute Gasteiger partial charge is 0.303 e. The van der Waals surface area contributed by atoms with Crippen LogP contribution < -0.4 is 5.73 Å². The molecule has 2 N–H and O–H groups in total. The minimum Gasteiger partial charge on any atom is -0.363 e. The molecule has 0 spiro atoms. The lowest BCUT2D eigenvalue weighted by atomic mass is 10.1. The van der Waals surface area contributed by atoms with E-state index in [0.717, 1.165) is 0 Å². The van der Waals surface area contributed by atoms with Crippen molar-refractivity contribution in [1.29, 1.82) is 0 Å². The first kappa shape index (κ1) is 6.96. The van der Waals surface area contributed by atoms with Gasteiger partial charge >= 0.3 is 11.4 Å². The van der Waals surface area contributed by atoms with Crippen LogP contribution in [0.4, 0.5) is 0 Å². The van der Waals surface area contributed by atoms with Gasteiger partial charge in [0.05, 0.1) is 0 Å². The average Bonchev–Trinajstić information content (AvgIpc) is 1.67. The van der Waals surface area contributed by atoms with Gasteiger partial charge in [0.15, 0.2) is 0 Å². The van der Waals surface area contributed by atoms with Crippen LogP contribution >= 0.6 is 0 Å². The molecule has 0 aromatic rings. The topological polar surface area (TPSA) is 47.5 Å². The Morgan fingerprint density at radius 2 is 2.12 bits per heavy atom. The van der Waals surface area contributed by atoms with Crippen LogP contribution in [0.3, 0.4) is 0 Å². The molecule has 0 saturated carbocycles. The second-order valence-corrected chi connectivity index (χ2v) is 2.04. The van der Waals surface area contributed by atoms with Gasteiger partial charge in [0, 0.05) is 13.8 Å². The molecule has 44 valence electrons. The number of carbonyl (C=O) groups is 1. The van der Waals surface area contributed by atoms with Crippen LogP contribution in [0.25, 0.3) is 4.85 Å². The molecule has 8 heavy (non-hydrogen) atoms. The average molecular weight is 112 g/mol. The number of hydrogen-bond acceptors (Lipinski definition) is 1. The summed E-state index contributed by atoms with van der Waals surface area (Å²) >= 11 is 0. The highest BCUT2D eigenvalue weighted by Crippen LogP contribution is 2.05. The fourth-order valence-electron chi connectivity index (χ4n) is 0.0551. The van der Waals surface area contributed by atoms with E-state index in [4.69, 9.17) is 12.3 Å². The maximum absolute atomic E-state index is 10.3. The second kappa shape index (κ2) is 1.83. The summed E-state index contributed by atoms with van der Waals surface area (Å²) in [5, 5.41) is 0. The minimum atomic E-state index is -1.03. The Hall–Kier alpha value is -1.04. The Balaban J connectivity index is 4.19. The van der Waals surface area contributed by atoms with Crippen molar-refractivity contribution >= 4 is 5.91 Å². The zero-order valence-electron chi connectivity index (χ0n) is 4.93. The van der Waals surface area contributed by atoms with Gasteiger partial charge < -0.3 is 10.6 Å². The minimum absolute atomic E-state index is 0.576. The van der Waals surface area contributed by atoms with Gasteiger partial charge in [-0.15, -0.1) is 0 Å². The van der Waals surface area contributed by atoms with Gasteiger partial charge in [-0.25, -0.2) is 6.57 Å². The van der Waals surface area contributed by atoms with Crippen LogP contribution in [0.1, 0.15) is 13.8 Å². The number of rotatable bonds is 1. The van der Waals surface area contributed by atoms with Crippen molar-refractivity contribution in [2.45, 2.75) is 19.4 Å². The Morgan fingerprint density at radius 1 is 1.75 bits per heavy atom. The Morgan fingerprint density at radius 3 is 2.12 bits per heavy atom. The van der Waals surface area contributed by atoms with Crippen LogP contribution in [0, 0.1) is 6.57 Å². The van der Waals surface area contributed by atoms with Crippen LogP contribution in [0.5, 0.6) is 0 Å². The predicted molar refractivity (Wildman–Crippen MR) is 29.9 cm³/mol. The van der Waals surface area contributed by atoms with E-state index < -0.39 is 11.4 Å². The van der Waals surface area contributed by atoms with E-state index in [-0.39, 0.29) is 0 Å². The monoisotopic (exact) mass is 112 g/mol. The maximum Gasteiger partial charge on any atom is 0.303 e. The van der Waals surface area contributed by atoms with E-state index in [0.29, 0.717) is 0 Å². The fraction of sp³-hybridized carbons (Fsp3) is 0.600. The van der Waals surface area contributed by atoms with Crippen LogP contribution in [-0.4, -0.2) is 11.4 Å². The molecule has 0 aromatic heterocycles. The van der Waals surface area contributed by atoms with Gasteiger partial charge in [0.25, 0.3) is 0 Å². The van der Waals surface area contributed by atoms with Gasteiger partial charge in [-0.05, 0) is 0 Å². The highest BCUT2D eigenvalue weighted by molar-refractivity contribution is 5.85. The Kier molecular flexibility index (Phi) is 1.59. The van der Waals surface area contributed by atoms with E-state index in [9.17, 15) is 4.79 Å². The van der Waals surface area contributed by atoms with Crippen molar-refractivity contribution in [2.24, 2.45) is 5.73 Å². The van der Waals surface area contributed by atoms with Crippen molar-refractivity contribution in [2.75, 3.05) is 0 Å². The third kappa shape index (κ3) is 1.23. The van der Waals surface area contributed by atoms with E-state index in [1.807, 2.05) is 0 Å². The summed E-state index contributed by atoms with van der Waals surface area (Å²) in [5.74, 6) is -0.576. The summed E-state index contributed by atoms with van der Waals surface area (Å²) in [4.78, 5) is 13.3. The molecule has 0 radical (unpaired) electrons. The highest BCUT2D eigenvalue weighted by Gasteiger charge is 2.30. The van der Waals surface area contributed by atoms with Crippen molar-refractivity contribution in [3.05, 3.63) is 11.4 Å². The first-order valence-corrected chi connectivity index (χ1v) is 2.19. The number of primary amides is 1. The molecule has 3 heteroatoms. The van der Waals surface area contributed by atoms with Gasteiger partial charge in [-0.1, -0.05) is 0 Å². The van der Waals surface area contributed by atoms with E-state index in [1.54, 1.807) is 0 Å². The molecule has 1 amide bonds. The zero-order chi connectivity index (χ0) is 6.78. The Labute approximate surface area is 48.3 Å². The summed E-state index contributed by atoms with van der Waals surface area (Å²) in [6, 6.07) is 0. The fourth-order valence-corrected chi connectivity index (χ4v) is 0.0551. The molecular weight excluding hydrogens is 104 g/mol. The summed E-state index contributed by atoms with van der Waals surface area (Å²) < 4.78 is 0. The number of nitrogens with zero attached hydrogens (tertiary/aromatic N) is 1. The highest BCUT2D eigenvalue weighted by atomic mass is 16.1. The molecule has 0 atom stereocenters. The normalized spacial score (nSPS) is 10.1. The van der Waals surface area contributed by atoms with Gasteiger partial charge in [0.1, 0.15) is 0 Å². The molecule has 0 aromatic carbocycles. The first-order valence-electron chi connectivity index (χ1n) is 2.19. The van der Waals surface area contributed by atoms with Crippen molar-refractivity contribution in [3.63, 3.8) is 0 Å². The summed E-state index contributed by atoms with van der Waals surface area (Å²) in [6.45, 7) is 9.44. The largest absolute Gasteiger partial charge is 0.363 e. The van der Waals surface area contributed by atoms with E-state index in [2.05, 4.69) is 4.85 Å². The molecule has 0 unspecified atom stereocenters. The maximum atomic E-state index is 10.3. The molecule has 0 aliphatic rings.